The Balaban J connectivity index is 1.26. The summed E-state index contributed by atoms with van der Waals surface area (Å²) in [5.74, 6) is 0.123. The minimum Gasteiger partial charge on any atom is -0.349 e. The zero-order valence-corrected chi connectivity index (χ0v) is 15.1. The van der Waals surface area contributed by atoms with E-state index in [1.165, 1.54) is 12.1 Å². The first-order valence-corrected chi connectivity index (χ1v) is 9.52. The van der Waals surface area contributed by atoms with E-state index in [0.29, 0.717) is 18.7 Å². The highest BCUT2D eigenvalue weighted by molar-refractivity contribution is 5.94. The van der Waals surface area contributed by atoms with Gasteiger partial charge in [0.2, 0.25) is 5.91 Å². The standard InChI is InChI=1S/C22H23FN2O2/c23-17-8-6-15(7-9-17)19-14-20(19)22(27)25-12-10-18(11-13-25)24-21(26)16-4-2-1-3-5-16/h1-9,18-20H,10-14H2,(H,24,26). The lowest BCUT2D eigenvalue weighted by Crippen LogP contribution is -2.47. The number of nitrogens with zero attached hydrogens (tertiary/aromatic N) is 1. The van der Waals surface area contributed by atoms with Gasteiger partial charge in [0, 0.05) is 30.6 Å². The Morgan fingerprint density at radius 1 is 0.963 bits per heavy atom. The molecule has 2 aromatic rings. The zero-order valence-electron chi connectivity index (χ0n) is 15.1. The van der Waals surface area contributed by atoms with Gasteiger partial charge in [-0.3, -0.25) is 9.59 Å². The molecule has 0 spiro atoms. The predicted molar refractivity (Wildman–Crippen MR) is 101 cm³/mol. The summed E-state index contributed by atoms with van der Waals surface area (Å²) >= 11 is 0. The van der Waals surface area contributed by atoms with Crippen molar-refractivity contribution < 1.29 is 14.0 Å². The minimum atomic E-state index is -0.248. The molecule has 0 bridgehead atoms. The lowest BCUT2D eigenvalue weighted by Gasteiger charge is -2.32. The maximum absolute atomic E-state index is 13.0. The summed E-state index contributed by atoms with van der Waals surface area (Å²) in [7, 11) is 0. The topological polar surface area (TPSA) is 49.4 Å². The van der Waals surface area contributed by atoms with E-state index < -0.39 is 0 Å². The molecule has 27 heavy (non-hydrogen) atoms. The molecule has 140 valence electrons. The van der Waals surface area contributed by atoms with Crippen LogP contribution in [0.3, 0.4) is 0 Å². The molecule has 1 saturated carbocycles. The lowest BCUT2D eigenvalue weighted by molar-refractivity contribution is -0.133. The highest BCUT2D eigenvalue weighted by Gasteiger charge is 2.46. The number of halogens is 1. The van der Waals surface area contributed by atoms with E-state index in [1.54, 1.807) is 24.3 Å². The number of hydrogen-bond acceptors (Lipinski definition) is 2. The van der Waals surface area contributed by atoms with Crippen LogP contribution in [0.25, 0.3) is 0 Å². The fraction of sp³-hybridized carbons (Fsp3) is 0.364. The molecule has 2 unspecified atom stereocenters. The molecule has 0 radical (unpaired) electrons. The van der Waals surface area contributed by atoms with Gasteiger partial charge in [-0.2, -0.15) is 0 Å². The van der Waals surface area contributed by atoms with Gasteiger partial charge >= 0.3 is 0 Å². The van der Waals surface area contributed by atoms with Crippen molar-refractivity contribution in [1.29, 1.82) is 0 Å². The number of rotatable bonds is 4. The molecule has 1 N–H and O–H groups in total. The monoisotopic (exact) mass is 366 g/mol. The summed E-state index contributed by atoms with van der Waals surface area (Å²) in [4.78, 5) is 26.9. The van der Waals surface area contributed by atoms with Crippen LogP contribution < -0.4 is 5.32 Å². The molecule has 1 aliphatic heterocycles. The number of benzene rings is 2. The SMILES string of the molecule is O=C(NC1CCN(C(=O)C2CC2c2ccc(F)cc2)CC1)c1ccccc1. The molecule has 2 atom stereocenters. The van der Waals surface area contributed by atoms with Gasteiger partial charge < -0.3 is 10.2 Å². The van der Waals surface area contributed by atoms with E-state index in [9.17, 15) is 14.0 Å². The summed E-state index contributed by atoms with van der Waals surface area (Å²) in [5, 5.41) is 3.07. The second-order valence-corrected chi connectivity index (χ2v) is 7.44. The first-order valence-electron chi connectivity index (χ1n) is 9.52. The number of hydrogen-bond donors (Lipinski definition) is 1. The average Bonchev–Trinajstić information content (AvgIpc) is 3.50. The van der Waals surface area contributed by atoms with Gasteiger partial charge in [-0.15, -0.1) is 0 Å². The number of amides is 2. The molecule has 4 nitrogen and oxygen atoms in total. The first-order chi connectivity index (χ1) is 13.1. The second kappa shape index (κ2) is 7.51. The molecule has 2 aromatic carbocycles. The van der Waals surface area contributed by atoms with Crippen LogP contribution in [0, 0.1) is 11.7 Å². The lowest BCUT2D eigenvalue weighted by atomic mass is 10.0. The number of carbonyl (C=O) groups excluding carboxylic acids is 2. The molecule has 2 aliphatic rings. The maximum atomic E-state index is 13.0. The van der Waals surface area contributed by atoms with Crippen molar-refractivity contribution in [3.63, 3.8) is 0 Å². The van der Waals surface area contributed by atoms with Gasteiger partial charge in [0.05, 0.1) is 0 Å². The van der Waals surface area contributed by atoms with Crippen molar-refractivity contribution in [3.8, 4) is 0 Å². The van der Waals surface area contributed by atoms with Crippen LogP contribution in [0.4, 0.5) is 4.39 Å². The Labute approximate surface area is 158 Å². The fourth-order valence-corrected chi connectivity index (χ4v) is 3.88. The van der Waals surface area contributed by atoms with Gasteiger partial charge in [0.15, 0.2) is 0 Å². The molecule has 1 aliphatic carbocycles. The third-order valence-corrected chi connectivity index (χ3v) is 5.58. The van der Waals surface area contributed by atoms with Crippen molar-refractivity contribution in [2.24, 2.45) is 5.92 Å². The van der Waals surface area contributed by atoms with Gasteiger partial charge in [0.1, 0.15) is 5.82 Å². The Kier molecular flexibility index (Phi) is 4.92. The van der Waals surface area contributed by atoms with Crippen LogP contribution in [0.5, 0.6) is 0 Å². The zero-order chi connectivity index (χ0) is 18.8. The van der Waals surface area contributed by atoms with Crippen molar-refractivity contribution in [2.45, 2.75) is 31.2 Å². The maximum Gasteiger partial charge on any atom is 0.251 e. The van der Waals surface area contributed by atoms with Crippen molar-refractivity contribution in [3.05, 3.63) is 71.5 Å². The molecular weight excluding hydrogens is 343 g/mol. The van der Waals surface area contributed by atoms with Gasteiger partial charge in [-0.25, -0.2) is 4.39 Å². The molecule has 5 heteroatoms. The summed E-state index contributed by atoms with van der Waals surface area (Å²) in [6.45, 7) is 1.34. The Morgan fingerprint density at radius 2 is 1.63 bits per heavy atom. The third-order valence-electron chi connectivity index (χ3n) is 5.58. The molecule has 2 fully saturated rings. The second-order valence-electron chi connectivity index (χ2n) is 7.44. The molecule has 4 rings (SSSR count). The quantitative estimate of drug-likeness (QED) is 0.902. The number of likely N-dealkylation sites (tertiary alicyclic amines) is 1. The smallest absolute Gasteiger partial charge is 0.251 e. The van der Waals surface area contributed by atoms with Crippen LogP contribution >= 0.6 is 0 Å². The normalized spacial score (nSPS) is 22.3. The van der Waals surface area contributed by atoms with Crippen LogP contribution in [0.1, 0.15) is 41.1 Å². The fourth-order valence-electron chi connectivity index (χ4n) is 3.88. The van der Waals surface area contributed by atoms with Crippen molar-refractivity contribution >= 4 is 11.8 Å². The van der Waals surface area contributed by atoms with E-state index in [-0.39, 0.29) is 35.5 Å². The molecular formula is C22H23FN2O2. The number of nitrogens with one attached hydrogen (secondary N) is 1. The molecule has 0 aromatic heterocycles. The third kappa shape index (κ3) is 4.02. The van der Waals surface area contributed by atoms with Crippen molar-refractivity contribution in [1.82, 2.24) is 10.2 Å². The van der Waals surface area contributed by atoms with Crippen molar-refractivity contribution in [2.75, 3.05) is 13.1 Å². The molecule has 2 amide bonds. The van der Waals surface area contributed by atoms with Crippen LogP contribution in [-0.2, 0) is 4.79 Å². The minimum absolute atomic E-state index is 0.0194. The summed E-state index contributed by atoms with van der Waals surface area (Å²) in [5.41, 5.74) is 1.70. The Morgan fingerprint density at radius 3 is 2.30 bits per heavy atom. The predicted octanol–water partition coefficient (Wildman–Crippen LogP) is 3.35. The Bertz CT molecular complexity index is 814. The van der Waals surface area contributed by atoms with Gasteiger partial charge in [-0.1, -0.05) is 30.3 Å². The van der Waals surface area contributed by atoms with E-state index in [0.717, 1.165) is 24.8 Å². The summed E-state index contributed by atoms with van der Waals surface area (Å²) < 4.78 is 13.0. The van der Waals surface area contributed by atoms with E-state index >= 15 is 0 Å². The number of piperidine rings is 1. The summed E-state index contributed by atoms with van der Waals surface area (Å²) in [6.07, 6.45) is 2.39. The van der Waals surface area contributed by atoms with E-state index in [4.69, 9.17) is 0 Å². The van der Waals surface area contributed by atoms with E-state index in [1.807, 2.05) is 23.1 Å². The first kappa shape index (κ1) is 17.7. The summed E-state index contributed by atoms with van der Waals surface area (Å²) in [6, 6.07) is 15.8. The van der Waals surface area contributed by atoms with E-state index in [2.05, 4.69) is 5.32 Å². The van der Waals surface area contributed by atoms with Crippen LogP contribution in [0.15, 0.2) is 54.6 Å². The highest BCUT2D eigenvalue weighted by atomic mass is 19.1. The average molecular weight is 366 g/mol. The van der Waals surface area contributed by atoms with Crippen LogP contribution in [-0.4, -0.2) is 35.8 Å². The van der Waals surface area contributed by atoms with Gasteiger partial charge in [0.25, 0.3) is 5.91 Å². The number of carbonyl (C=O) groups is 2. The Hall–Kier alpha value is -2.69. The highest BCUT2D eigenvalue weighted by Crippen LogP contribution is 2.48. The molecule has 1 heterocycles. The largest absolute Gasteiger partial charge is 0.349 e. The van der Waals surface area contributed by atoms with Gasteiger partial charge in [-0.05, 0) is 55.0 Å². The molecule has 1 saturated heterocycles. The van der Waals surface area contributed by atoms with Crippen LogP contribution in [0.2, 0.25) is 0 Å².